The largest absolute Gasteiger partial charge is 0.493 e. The molecule has 7 nitrogen and oxygen atoms in total. The van der Waals surface area contributed by atoms with Crippen molar-refractivity contribution in [1.82, 2.24) is 15.5 Å². The molecule has 3 rings (SSSR count). The number of nitrogens with zero attached hydrogens (tertiary/aromatic N) is 2. The Morgan fingerprint density at radius 2 is 2.12 bits per heavy atom. The molecule has 0 aliphatic heterocycles. The Morgan fingerprint density at radius 1 is 1.23 bits per heavy atom. The first-order valence-corrected chi connectivity index (χ1v) is 8.92. The molecule has 8 heteroatoms. The lowest BCUT2D eigenvalue weighted by Gasteiger charge is -2.13. The van der Waals surface area contributed by atoms with Crippen LogP contribution in [0, 0.1) is 0 Å². The second-order valence-electron chi connectivity index (χ2n) is 5.42. The Kier molecular flexibility index (Phi) is 5.85. The minimum Gasteiger partial charge on any atom is -0.493 e. The number of carbonyl (C=O) groups is 1. The molecule has 136 valence electrons. The van der Waals surface area contributed by atoms with Gasteiger partial charge in [0.1, 0.15) is 0 Å². The zero-order valence-electron chi connectivity index (χ0n) is 14.5. The van der Waals surface area contributed by atoms with E-state index >= 15 is 0 Å². The third-order valence-corrected chi connectivity index (χ3v) is 4.60. The minimum absolute atomic E-state index is 0.106. The molecule has 0 radical (unpaired) electrons. The average molecular weight is 373 g/mol. The molecule has 0 bridgehead atoms. The van der Waals surface area contributed by atoms with Crippen LogP contribution in [0.2, 0.25) is 0 Å². The summed E-state index contributed by atoms with van der Waals surface area (Å²) in [5, 5.41) is 8.75. The van der Waals surface area contributed by atoms with Crippen LogP contribution in [0.5, 0.6) is 11.5 Å². The number of amides is 1. The van der Waals surface area contributed by atoms with Gasteiger partial charge in [-0.1, -0.05) is 23.4 Å². The molecule has 1 amide bonds. The van der Waals surface area contributed by atoms with Crippen LogP contribution in [0.1, 0.15) is 17.9 Å². The number of methoxy groups -OCH3 is 2. The Bertz CT molecular complexity index is 861. The highest BCUT2D eigenvalue weighted by Crippen LogP contribution is 2.30. The molecule has 2 aromatic heterocycles. The van der Waals surface area contributed by atoms with Gasteiger partial charge in [0.2, 0.25) is 17.6 Å². The number of ether oxygens (including phenoxy) is 2. The van der Waals surface area contributed by atoms with Crippen LogP contribution < -0.4 is 14.8 Å². The van der Waals surface area contributed by atoms with E-state index in [1.54, 1.807) is 14.2 Å². The average Bonchev–Trinajstić information content (AvgIpc) is 3.35. The number of rotatable bonds is 8. The van der Waals surface area contributed by atoms with Gasteiger partial charge < -0.3 is 19.3 Å². The number of hydrogen-bond acceptors (Lipinski definition) is 7. The van der Waals surface area contributed by atoms with Crippen LogP contribution in [-0.4, -0.2) is 30.3 Å². The molecule has 0 aliphatic rings. The third-order valence-electron chi connectivity index (χ3n) is 3.74. The second-order valence-corrected chi connectivity index (χ2v) is 6.37. The molecule has 0 saturated heterocycles. The van der Waals surface area contributed by atoms with Gasteiger partial charge >= 0.3 is 0 Å². The number of nitrogens with one attached hydrogen (secondary N) is 1. The lowest BCUT2D eigenvalue weighted by molar-refractivity contribution is -0.121. The molecule has 0 aliphatic carbocycles. The highest BCUT2D eigenvalue weighted by Gasteiger charge is 2.13. The lowest BCUT2D eigenvalue weighted by Crippen LogP contribution is -2.23. The molecule has 0 unspecified atom stereocenters. The Hall–Kier alpha value is -2.87. The summed E-state index contributed by atoms with van der Waals surface area (Å²) in [4.78, 5) is 17.4. The van der Waals surface area contributed by atoms with Gasteiger partial charge in [0, 0.05) is 24.9 Å². The van der Waals surface area contributed by atoms with E-state index in [1.807, 2.05) is 35.7 Å². The zero-order chi connectivity index (χ0) is 18.4. The number of carbonyl (C=O) groups excluding carboxylic acids is 1. The SMILES string of the molecule is COc1cccc(CNC(=O)CCc2nc(-c3cccs3)no2)c1OC. The summed E-state index contributed by atoms with van der Waals surface area (Å²) in [5.74, 6) is 2.14. The molecule has 3 aromatic rings. The first-order chi connectivity index (χ1) is 12.7. The maximum atomic E-state index is 12.1. The maximum Gasteiger partial charge on any atom is 0.227 e. The fourth-order valence-electron chi connectivity index (χ4n) is 2.46. The molecule has 26 heavy (non-hydrogen) atoms. The number of hydrogen-bond donors (Lipinski definition) is 1. The van der Waals surface area contributed by atoms with E-state index in [2.05, 4.69) is 15.5 Å². The van der Waals surface area contributed by atoms with Crippen molar-refractivity contribution in [2.75, 3.05) is 14.2 Å². The molecular weight excluding hydrogens is 354 g/mol. The van der Waals surface area contributed by atoms with Crippen LogP contribution in [0.4, 0.5) is 0 Å². The Balaban J connectivity index is 1.52. The molecule has 2 heterocycles. The predicted molar refractivity (Wildman–Crippen MR) is 97.3 cm³/mol. The van der Waals surface area contributed by atoms with E-state index < -0.39 is 0 Å². The number of thiophene rings is 1. The Morgan fingerprint density at radius 3 is 2.85 bits per heavy atom. The van der Waals surface area contributed by atoms with Crippen molar-refractivity contribution < 1.29 is 18.8 Å². The number of para-hydroxylation sites is 1. The van der Waals surface area contributed by atoms with Crippen LogP contribution >= 0.6 is 11.3 Å². The summed E-state index contributed by atoms with van der Waals surface area (Å²) in [7, 11) is 3.15. The smallest absolute Gasteiger partial charge is 0.227 e. The van der Waals surface area contributed by atoms with Crippen molar-refractivity contribution in [2.45, 2.75) is 19.4 Å². The van der Waals surface area contributed by atoms with Crippen LogP contribution in [0.15, 0.2) is 40.2 Å². The third kappa shape index (κ3) is 4.20. The minimum atomic E-state index is -0.106. The molecule has 1 aromatic carbocycles. The van der Waals surface area contributed by atoms with E-state index in [0.29, 0.717) is 36.2 Å². The second kappa shape index (κ2) is 8.48. The number of aryl methyl sites for hydroxylation is 1. The van der Waals surface area contributed by atoms with Crippen molar-refractivity contribution in [1.29, 1.82) is 0 Å². The first-order valence-electron chi connectivity index (χ1n) is 8.04. The highest BCUT2D eigenvalue weighted by atomic mass is 32.1. The lowest BCUT2D eigenvalue weighted by atomic mass is 10.1. The van der Waals surface area contributed by atoms with Gasteiger partial charge in [-0.2, -0.15) is 4.98 Å². The van der Waals surface area contributed by atoms with Gasteiger partial charge in [-0.25, -0.2) is 0 Å². The standard InChI is InChI=1S/C18H19N3O4S/c1-23-13-6-3-5-12(17(13)24-2)11-19-15(22)8-9-16-20-18(21-25-16)14-7-4-10-26-14/h3-7,10H,8-9,11H2,1-2H3,(H,19,22). The van der Waals surface area contributed by atoms with Crippen LogP contribution in [0.3, 0.4) is 0 Å². The van der Waals surface area contributed by atoms with Crippen LogP contribution in [0.25, 0.3) is 10.7 Å². The molecule has 0 saturated carbocycles. The highest BCUT2D eigenvalue weighted by molar-refractivity contribution is 7.13. The molecule has 0 fully saturated rings. The number of benzene rings is 1. The van der Waals surface area contributed by atoms with Gasteiger partial charge in [-0.15, -0.1) is 11.3 Å². The van der Waals surface area contributed by atoms with Gasteiger partial charge in [-0.3, -0.25) is 4.79 Å². The fourth-order valence-corrected chi connectivity index (χ4v) is 3.11. The Labute approximate surface area is 154 Å². The van der Waals surface area contributed by atoms with Crippen LogP contribution in [-0.2, 0) is 17.8 Å². The summed E-state index contributed by atoms with van der Waals surface area (Å²) in [6.07, 6.45) is 0.651. The first kappa shape index (κ1) is 17.9. The van der Waals surface area contributed by atoms with Crippen molar-refractivity contribution in [3.63, 3.8) is 0 Å². The molecule has 0 atom stereocenters. The van der Waals surface area contributed by atoms with E-state index in [0.717, 1.165) is 10.4 Å². The monoisotopic (exact) mass is 373 g/mol. The van der Waals surface area contributed by atoms with Gasteiger partial charge in [0.05, 0.1) is 19.1 Å². The summed E-state index contributed by atoms with van der Waals surface area (Å²) in [6.45, 7) is 0.351. The predicted octanol–water partition coefficient (Wildman–Crippen LogP) is 3.06. The summed E-state index contributed by atoms with van der Waals surface area (Å²) >= 11 is 1.54. The van der Waals surface area contributed by atoms with E-state index in [9.17, 15) is 4.79 Å². The maximum absolute atomic E-state index is 12.1. The quantitative estimate of drug-likeness (QED) is 0.653. The number of aromatic nitrogens is 2. The molecule has 0 spiro atoms. The van der Waals surface area contributed by atoms with E-state index in [-0.39, 0.29) is 12.3 Å². The zero-order valence-corrected chi connectivity index (χ0v) is 15.3. The fraction of sp³-hybridized carbons (Fsp3) is 0.278. The topological polar surface area (TPSA) is 86.5 Å². The van der Waals surface area contributed by atoms with Gasteiger partial charge in [0.25, 0.3) is 0 Å². The molecule has 1 N–H and O–H groups in total. The van der Waals surface area contributed by atoms with Gasteiger partial charge in [0.15, 0.2) is 11.5 Å². The summed E-state index contributed by atoms with van der Waals surface area (Å²) < 4.78 is 15.8. The van der Waals surface area contributed by atoms with Crippen molar-refractivity contribution in [3.8, 4) is 22.2 Å². The van der Waals surface area contributed by atoms with Crippen molar-refractivity contribution in [3.05, 3.63) is 47.2 Å². The summed E-state index contributed by atoms with van der Waals surface area (Å²) in [5.41, 5.74) is 0.845. The van der Waals surface area contributed by atoms with Crippen molar-refractivity contribution in [2.24, 2.45) is 0 Å². The normalized spacial score (nSPS) is 10.5. The van der Waals surface area contributed by atoms with E-state index in [4.69, 9.17) is 14.0 Å². The molecular formula is C18H19N3O4S. The van der Waals surface area contributed by atoms with Gasteiger partial charge in [-0.05, 0) is 17.5 Å². The van der Waals surface area contributed by atoms with Crippen molar-refractivity contribution >= 4 is 17.2 Å². The summed E-state index contributed by atoms with van der Waals surface area (Å²) in [6, 6.07) is 9.40. The van der Waals surface area contributed by atoms with E-state index in [1.165, 1.54) is 11.3 Å².